The van der Waals surface area contributed by atoms with E-state index in [1.165, 1.54) is 6.42 Å². The molecular formula is C11H18N4O. The monoisotopic (exact) mass is 222 g/mol. The smallest absolute Gasteiger partial charge is 0.0769 e. The molecule has 1 aliphatic heterocycles. The number of hydrazine groups is 1. The van der Waals surface area contributed by atoms with Crippen LogP contribution in [0.4, 0.5) is 0 Å². The summed E-state index contributed by atoms with van der Waals surface area (Å²) in [6.45, 7) is 0.899. The van der Waals surface area contributed by atoms with Gasteiger partial charge in [0.05, 0.1) is 24.0 Å². The van der Waals surface area contributed by atoms with Crippen LogP contribution >= 0.6 is 0 Å². The second-order valence-corrected chi connectivity index (χ2v) is 4.06. The highest BCUT2D eigenvalue weighted by Gasteiger charge is 2.18. The second-order valence-electron chi connectivity index (χ2n) is 4.06. The summed E-state index contributed by atoms with van der Waals surface area (Å²) in [6, 6.07) is 0.0675. The Bertz CT molecular complexity index is 300. The molecule has 2 heterocycles. The number of rotatable bonds is 5. The van der Waals surface area contributed by atoms with Gasteiger partial charge < -0.3 is 4.74 Å². The molecule has 1 fully saturated rings. The van der Waals surface area contributed by atoms with Crippen LogP contribution in [0.2, 0.25) is 0 Å². The molecule has 1 aromatic rings. The number of hydrogen-bond acceptors (Lipinski definition) is 5. The average Bonchev–Trinajstić information content (AvgIpc) is 2.84. The predicted molar refractivity (Wildman–Crippen MR) is 60.3 cm³/mol. The van der Waals surface area contributed by atoms with Crippen LogP contribution in [0, 0.1) is 0 Å². The van der Waals surface area contributed by atoms with Crippen LogP contribution in [0.5, 0.6) is 0 Å². The summed E-state index contributed by atoms with van der Waals surface area (Å²) in [7, 11) is 0. The van der Waals surface area contributed by atoms with E-state index in [4.69, 9.17) is 10.6 Å². The van der Waals surface area contributed by atoms with Crippen molar-refractivity contribution in [2.45, 2.75) is 37.8 Å². The Morgan fingerprint density at radius 1 is 1.56 bits per heavy atom. The summed E-state index contributed by atoms with van der Waals surface area (Å²) in [5.74, 6) is 5.53. The Morgan fingerprint density at radius 3 is 3.12 bits per heavy atom. The van der Waals surface area contributed by atoms with Crippen molar-refractivity contribution in [1.29, 1.82) is 0 Å². The molecule has 5 nitrogen and oxygen atoms in total. The van der Waals surface area contributed by atoms with E-state index in [0.717, 1.165) is 31.6 Å². The van der Waals surface area contributed by atoms with Crippen LogP contribution in [0.25, 0.3) is 0 Å². The van der Waals surface area contributed by atoms with Gasteiger partial charge in [0.1, 0.15) is 0 Å². The van der Waals surface area contributed by atoms with Gasteiger partial charge in [0.2, 0.25) is 0 Å². The molecule has 0 spiro atoms. The lowest BCUT2D eigenvalue weighted by Gasteiger charge is -2.16. The number of nitrogens with one attached hydrogen (secondary N) is 1. The lowest BCUT2D eigenvalue weighted by atomic mass is 10.0. The Hall–Kier alpha value is -1.04. The maximum absolute atomic E-state index is 5.58. The van der Waals surface area contributed by atoms with Crippen molar-refractivity contribution in [3.05, 3.63) is 24.3 Å². The van der Waals surface area contributed by atoms with Gasteiger partial charge in [-0.3, -0.25) is 21.2 Å². The maximum atomic E-state index is 5.58. The fraction of sp³-hybridized carbons (Fsp3) is 0.636. The minimum Gasteiger partial charge on any atom is -0.378 e. The first-order chi connectivity index (χ1) is 7.90. The fourth-order valence-corrected chi connectivity index (χ4v) is 2.03. The molecule has 3 N–H and O–H groups in total. The third kappa shape index (κ3) is 2.98. The zero-order valence-electron chi connectivity index (χ0n) is 9.30. The molecule has 1 aliphatic rings. The van der Waals surface area contributed by atoms with Gasteiger partial charge in [0.15, 0.2) is 0 Å². The average molecular weight is 222 g/mol. The normalized spacial score (nSPS) is 22.2. The van der Waals surface area contributed by atoms with Gasteiger partial charge in [-0.15, -0.1) is 0 Å². The quantitative estimate of drug-likeness (QED) is 0.573. The van der Waals surface area contributed by atoms with E-state index in [9.17, 15) is 0 Å². The van der Waals surface area contributed by atoms with Gasteiger partial charge in [0, 0.05) is 19.0 Å². The van der Waals surface area contributed by atoms with Gasteiger partial charge in [-0.05, 0) is 25.7 Å². The fourth-order valence-electron chi connectivity index (χ4n) is 2.03. The first-order valence-electron chi connectivity index (χ1n) is 5.74. The van der Waals surface area contributed by atoms with Gasteiger partial charge in [-0.1, -0.05) is 0 Å². The summed E-state index contributed by atoms with van der Waals surface area (Å²) in [6.07, 6.45) is 9.79. The molecule has 88 valence electrons. The summed E-state index contributed by atoms with van der Waals surface area (Å²) in [4.78, 5) is 8.29. The van der Waals surface area contributed by atoms with Crippen LogP contribution in [0.3, 0.4) is 0 Å². The molecule has 2 atom stereocenters. The van der Waals surface area contributed by atoms with Crippen molar-refractivity contribution >= 4 is 0 Å². The number of nitrogens with two attached hydrogens (primary N) is 1. The molecule has 0 bridgehead atoms. The third-order valence-corrected chi connectivity index (χ3v) is 2.94. The van der Waals surface area contributed by atoms with E-state index < -0.39 is 0 Å². The Morgan fingerprint density at radius 2 is 2.50 bits per heavy atom. The molecule has 16 heavy (non-hydrogen) atoms. The van der Waals surface area contributed by atoms with Crippen LogP contribution in [-0.4, -0.2) is 22.7 Å². The molecule has 0 aliphatic carbocycles. The molecular weight excluding hydrogens is 204 g/mol. The van der Waals surface area contributed by atoms with Crippen molar-refractivity contribution in [2.24, 2.45) is 5.84 Å². The largest absolute Gasteiger partial charge is 0.378 e. The van der Waals surface area contributed by atoms with Gasteiger partial charge in [0.25, 0.3) is 0 Å². The molecule has 0 aromatic carbocycles. The summed E-state index contributed by atoms with van der Waals surface area (Å²) in [5, 5.41) is 0. The molecule has 1 saturated heterocycles. The SMILES string of the molecule is NNC(CCC1CCCO1)c1cnccn1. The molecule has 0 radical (unpaired) electrons. The Balaban J connectivity index is 1.85. The highest BCUT2D eigenvalue weighted by atomic mass is 16.5. The maximum Gasteiger partial charge on any atom is 0.0769 e. The molecule has 0 amide bonds. The number of hydrogen-bond donors (Lipinski definition) is 2. The number of ether oxygens (including phenoxy) is 1. The molecule has 0 saturated carbocycles. The van der Waals surface area contributed by atoms with Crippen LogP contribution < -0.4 is 11.3 Å². The lowest BCUT2D eigenvalue weighted by Crippen LogP contribution is -2.29. The second kappa shape index (κ2) is 5.89. The minimum atomic E-state index is 0.0675. The van der Waals surface area contributed by atoms with Crippen LogP contribution in [-0.2, 0) is 4.74 Å². The number of aromatic nitrogens is 2. The van der Waals surface area contributed by atoms with Crippen molar-refractivity contribution in [1.82, 2.24) is 15.4 Å². The zero-order chi connectivity index (χ0) is 11.2. The van der Waals surface area contributed by atoms with E-state index >= 15 is 0 Å². The minimum absolute atomic E-state index is 0.0675. The van der Waals surface area contributed by atoms with Crippen LogP contribution in [0.15, 0.2) is 18.6 Å². The lowest BCUT2D eigenvalue weighted by molar-refractivity contribution is 0.0994. The zero-order valence-corrected chi connectivity index (χ0v) is 9.30. The van der Waals surface area contributed by atoms with Crippen LogP contribution in [0.1, 0.15) is 37.4 Å². The van der Waals surface area contributed by atoms with Gasteiger partial charge in [-0.25, -0.2) is 0 Å². The van der Waals surface area contributed by atoms with E-state index in [-0.39, 0.29) is 6.04 Å². The Labute approximate surface area is 95.4 Å². The standard InChI is InChI=1S/C11H18N4O/c12-15-10(11-8-13-5-6-14-11)4-3-9-2-1-7-16-9/h5-6,8-10,15H,1-4,7,12H2. The van der Waals surface area contributed by atoms with Crippen molar-refractivity contribution < 1.29 is 4.74 Å². The summed E-state index contributed by atoms with van der Waals surface area (Å²) < 4.78 is 5.58. The van der Waals surface area contributed by atoms with E-state index in [1.807, 2.05) is 0 Å². The number of nitrogens with zero attached hydrogens (tertiary/aromatic N) is 2. The molecule has 1 aromatic heterocycles. The highest BCUT2D eigenvalue weighted by Crippen LogP contribution is 2.22. The van der Waals surface area contributed by atoms with E-state index in [0.29, 0.717) is 6.10 Å². The first kappa shape index (κ1) is 11.4. The molecule has 2 rings (SSSR count). The molecule has 2 unspecified atom stereocenters. The van der Waals surface area contributed by atoms with Gasteiger partial charge >= 0.3 is 0 Å². The van der Waals surface area contributed by atoms with E-state index in [1.54, 1.807) is 18.6 Å². The highest BCUT2D eigenvalue weighted by molar-refractivity contribution is 5.01. The topological polar surface area (TPSA) is 73.1 Å². The van der Waals surface area contributed by atoms with Gasteiger partial charge in [-0.2, -0.15) is 0 Å². The molecule has 5 heteroatoms. The summed E-state index contributed by atoms with van der Waals surface area (Å²) in [5.41, 5.74) is 3.68. The first-order valence-corrected chi connectivity index (χ1v) is 5.74. The third-order valence-electron chi connectivity index (χ3n) is 2.94. The van der Waals surface area contributed by atoms with Crippen molar-refractivity contribution in [2.75, 3.05) is 6.61 Å². The van der Waals surface area contributed by atoms with Crippen molar-refractivity contribution in [3.63, 3.8) is 0 Å². The van der Waals surface area contributed by atoms with E-state index in [2.05, 4.69) is 15.4 Å². The summed E-state index contributed by atoms with van der Waals surface area (Å²) >= 11 is 0. The Kier molecular flexibility index (Phi) is 4.21. The predicted octanol–water partition coefficient (Wildman–Crippen LogP) is 0.940. The van der Waals surface area contributed by atoms with Crippen molar-refractivity contribution in [3.8, 4) is 0 Å².